The van der Waals surface area contributed by atoms with Gasteiger partial charge < -0.3 is 4.90 Å². The van der Waals surface area contributed by atoms with Gasteiger partial charge in [-0.2, -0.15) is 0 Å². The van der Waals surface area contributed by atoms with Crippen LogP contribution in [0.2, 0.25) is 15.1 Å². The summed E-state index contributed by atoms with van der Waals surface area (Å²) in [6, 6.07) is 16.0. The van der Waals surface area contributed by atoms with E-state index in [-0.39, 0.29) is 15.8 Å². The molecule has 5 nitrogen and oxygen atoms in total. The molecule has 3 aromatic carbocycles. The van der Waals surface area contributed by atoms with E-state index in [4.69, 9.17) is 34.8 Å². The highest BCUT2D eigenvalue weighted by atomic mass is 35.5. The summed E-state index contributed by atoms with van der Waals surface area (Å²) in [6.45, 7) is 0.548. The molecule has 0 aromatic heterocycles. The molecule has 1 aliphatic heterocycles. The van der Waals surface area contributed by atoms with Gasteiger partial charge >= 0.3 is 0 Å². The van der Waals surface area contributed by atoms with E-state index in [0.717, 1.165) is 12.0 Å². The van der Waals surface area contributed by atoms with E-state index in [1.807, 2.05) is 0 Å². The molecule has 3 aromatic rings. The van der Waals surface area contributed by atoms with Crippen LogP contribution >= 0.6 is 34.8 Å². The van der Waals surface area contributed by atoms with Gasteiger partial charge in [-0.1, -0.05) is 40.9 Å². The van der Waals surface area contributed by atoms with Crippen molar-refractivity contribution >= 4 is 62.1 Å². The Morgan fingerprint density at radius 1 is 0.935 bits per heavy atom. The molecule has 1 aliphatic rings. The van der Waals surface area contributed by atoms with Crippen LogP contribution in [0, 0.1) is 0 Å². The zero-order valence-corrected chi connectivity index (χ0v) is 19.2. The Bertz CT molecular complexity index is 1280. The predicted molar refractivity (Wildman–Crippen MR) is 125 cm³/mol. The van der Waals surface area contributed by atoms with Crippen LogP contribution in [0.4, 0.5) is 11.4 Å². The first-order chi connectivity index (χ1) is 14.7. The largest absolute Gasteiger partial charge is 0.308 e. The maximum atomic E-state index is 13.0. The fraction of sp³-hybridized carbons (Fsp3) is 0.136. The Kier molecular flexibility index (Phi) is 6.17. The second-order valence-electron chi connectivity index (χ2n) is 7.10. The number of nitrogens with zero attached hydrogens (tertiary/aromatic N) is 1. The van der Waals surface area contributed by atoms with Crippen molar-refractivity contribution in [3.63, 3.8) is 0 Å². The molecule has 0 unspecified atom stereocenters. The van der Waals surface area contributed by atoms with E-state index in [1.54, 1.807) is 41.3 Å². The van der Waals surface area contributed by atoms with Gasteiger partial charge in [-0.05, 0) is 73.0 Å². The highest BCUT2D eigenvalue weighted by Gasteiger charge is 2.26. The second kappa shape index (κ2) is 8.71. The van der Waals surface area contributed by atoms with Crippen molar-refractivity contribution in [2.75, 3.05) is 16.2 Å². The first kappa shape index (κ1) is 22.0. The third-order valence-corrected chi connectivity index (χ3v) is 7.32. The molecule has 0 fully saturated rings. The van der Waals surface area contributed by atoms with Gasteiger partial charge in [-0.15, -0.1) is 0 Å². The van der Waals surface area contributed by atoms with Crippen molar-refractivity contribution < 1.29 is 13.2 Å². The molecule has 1 N–H and O–H groups in total. The SMILES string of the molecule is O=C(c1cccc(Cl)c1)N1CCCc2cc(S(=O)(=O)Nc3ccc(Cl)c(Cl)c3)ccc21. The van der Waals surface area contributed by atoms with Gasteiger partial charge in [0.25, 0.3) is 15.9 Å². The summed E-state index contributed by atoms with van der Waals surface area (Å²) in [4.78, 5) is 14.8. The van der Waals surface area contributed by atoms with Gasteiger partial charge in [-0.3, -0.25) is 9.52 Å². The molecule has 31 heavy (non-hydrogen) atoms. The highest BCUT2D eigenvalue weighted by molar-refractivity contribution is 7.92. The first-order valence-corrected chi connectivity index (χ1v) is 12.0. The van der Waals surface area contributed by atoms with Crippen LogP contribution in [0.5, 0.6) is 0 Å². The number of fused-ring (bicyclic) bond motifs is 1. The number of carbonyl (C=O) groups is 1. The quantitative estimate of drug-likeness (QED) is 0.480. The van der Waals surface area contributed by atoms with Gasteiger partial charge in [0.05, 0.1) is 20.6 Å². The van der Waals surface area contributed by atoms with Crippen molar-refractivity contribution in [1.29, 1.82) is 0 Å². The number of hydrogen-bond donors (Lipinski definition) is 1. The van der Waals surface area contributed by atoms with Crippen LogP contribution in [0.25, 0.3) is 0 Å². The standard InChI is InChI=1S/C22H17Cl3N2O3S/c23-16-5-1-3-15(11-16)22(28)27-10-2-4-14-12-18(7-9-21(14)27)31(29,30)26-17-6-8-19(24)20(25)13-17/h1,3,5-9,11-13,26H,2,4,10H2. The number of nitrogens with one attached hydrogen (secondary N) is 1. The summed E-state index contributed by atoms with van der Waals surface area (Å²) in [5, 5.41) is 1.07. The monoisotopic (exact) mass is 494 g/mol. The molecule has 0 atom stereocenters. The molecule has 0 saturated carbocycles. The zero-order chi connectivity index (χ0) is 22.2. The Balaban J connectivity index is 1.63. The van der Waals surface area contributed by atoms with E-state index in [0.29, 0.717) is 39.9 Å². The number of hydrogen-bond acceptors (Lipinski definition) is 3. The normalized spacial score (nSPS) is 13.6. The minimum Gasteiger partial charge on any atom is -0.308 e. The molecule has 0 spiro atoms. The molecule has 0 radical (unpaired) electrons. The first-order valence-electron chi connectivity index (χ1n) is 9.43. The molecular weight excluding hydrogens is 479 g/mol. The molecule has 0 saturated heterocycles. The second-order valence-corrected chi connectivity index (χ2v) is 10.0. The van der Waals surface area contributed by atoms with E-state index < -0.39 is 10.0 Å². The smallest absolute Gasteiger partial charge is 0.261 e. The number of rotatable bonds is 4. The molecule has 0 bridgehead atoms. The van der Waals surface area contributed by atoms with Gasteiger partial charge in [0.1, 0.15) is 0 Å². The Morgan fingerprint density at radius 2 is 1.74 bits per heavy atom. The maximum Gasteiger partial charge on any atom is 0.261 e. The minimum atomic E-state index is -3.84. The fourth-order valence-electron chi connectivity index (χ4n) is 3.50. The minimum absolute atomic E-state index is 0.106. The summed E-state index contributed by atoms with van der Waals surface area (Å²) in [5.41, 5.74) is 2.28. The van der Waals surface area contributed by atoms with Gasteiger partial charge in [-0.25, -0.2) is 8.42 Å². The average Bonchev–Trinajstić information content (AvgIpc) is 2.75. The van der Waals surface area contributed by atoms with Crippen LogP contribution < -0.4 is 9.62 Å². The number of benzene rings is 3. The van der Waals surface area contributed by atoms with Crippen molar-refractivity contribution in [2.24, 2.45) is 0 Å². The average molecular weight is 496 g/mol. The molecule has 160 valence electrons. The third kappa shape index (κ3) is 4.67. The Morgan fingerprint density at radius 3 is 2.48 bits per heavy atom. The molecule has 1 heterocycles. The number of amides is 1. The summed E-state index contributed by atoms with van der Waals surface area (Å²) in [6.07, 6.45) is 1.40. The summed E-state index contributed by atoms with van der Waals surface area (Å²) < 4.78 is 28.3. The number of aryl methyl sites for hydroxylation is 1. The summed E-state index contributed by atoms with van der Waals surface area (Å²) >= 11 is 17.9. The van der Waals surface area contributed by atoms with Gasteiger partial charge in [0, 0.05) is 22.8 Å². The number of sulfonamides is 1. The lowest BCUT2D eigenvalue weighted by Crippen LogP contribution is -2.35. The van der Waals surface area contributed by atoms with Crippen LogP contribution in [0.3, 0.4) is 0 Å². The molecule has 9 heteroatoms. The van der Waals surface area contributed by atoms with Gasteiger partial charge in [0.15, 0.2) is 0 Å². The topological polar surface area (TPSA) is 66.5 Å². The number of halogens is 3. The summed E-state index contributed by atoms with van der Waals surface area (Å²) in [5.74, 6) is -0.173. The number of carbonyl (C=O) groups excluding carboxylic acids is 1. The maximum absolute atomic E-state index is 13.0. The van der Waals surface area contributed by atoms with Crippen LogP contribution in [-0.4, -0.2) is 20.9 Å². The van der Waals surface area contributed by atoms with E-state index >= 15 is 0 Å². The third-order valence-electron chi connectivity index (χ3n) is 4.97. The lowest BCUT2D eigenvalue weighted by atomic mass is 10.0. The molecule has 4 rings (SSSR count). The zero-order valence-electron chi connectivity index (χ0n) is 16.1. The lowest BCUT2D eigenvalue weighted by Gasteiger charge is -2.30. The lowest BCUT2D eigenvalue weighted by molar-refractivity contribution is 0.0985. The van der Waals surface area contributed by atoms with Crippen molar-refractivity contribution in [3.8, 4) is 0 Å². The Labute approximate surface area is 195 Å². The molecule has 0 aliphatic carbocycles. The number of anilines is 2. The molecule has 1 amide bonds. The molecular formula is C22H17Cl3N2O3S. The van der Waals surface area contributed by atoms with E-state index in [1.165, 1.54) is 24.3 Å². The van der Waals surface area contributed by atoms with Gasteiger partial charge in [0.2, 0.25) is 0 Å². The van der Waals surface area contributed by atoms with Crippen LogP contribution in [0.1, 0.15) is 22.3 Å². The van der Waals surface area contributed by atoms with Crippen molar-refractivity contribution in [2.45, 2.75) is 17.7 Å². The highest BCUT2D eigenvalue weighted by Crippen LogP contribution is 2.32. The summed E-state index contributed by atoms with van der Waals surface area (Å²) in [7, 11) is -3.84. The van der Waals surface area contributed by atoms with Crippen molar-refractivity contribution in [1.82, 2.24) is 0 Å². The van der Waals surface area contributed by atoms with Crippen molar-refractivity contribution in [3.05, 3.63) is 86.9 Å². The van der Waals surface area contributed by atoms with Crippen LogP contribution in [0.15, 0.2) is 65.6 Å². The predicted octanol–water partition coefficient (Wildman–Crippen LogP) is 6.04. The van der Waals surface area contributed by atoms with Crippen LogP contribution in [-0.2, 0) is 16.4 Å². The van der Waals surface area contributed by atoms with E-state index in [2.05, 4.69) is 4.72 Å². The Hall–Kier alpha value is -2.25. The fourth-order valence-corrected chi connectivity index (χ4v) is 5.09. The van der Waals surface area contributed by atoms with E-state index in [9.17, 15) is 13.2 Å².